The van der Waals surface area contributed by atoms with Crippen LogP contribution in [-0.2, 0) is 24.0 Å². The molecule has 4 heterocycles. The molecular weight excluding hydrogens is 569 g/mol. The smallest absolute Gasteiger partial charge is 0.352 e. The van der Waals surface area contributed by atoms with Gasteiger partial charge >= 0.3 is 11.9 Å². The molecule has 0 radical (unpaired) electrons. The van der Waals surface area contributed by atoms with Gasteiger partial charge in [0.05, 0.1) is 0 Å². The van der Waals surface area contributed by atoms with Crippen molar-refractivity contribution in [2.24, 2.45) is 5.16 Å². The predicted octanol–water partition coefficient (Wildman–Crippen LogP) is 0.0866. The van der Waals surface area contributed by atoms with Gasteiger partial charge in [-0.05, 0) is 12.0 Å². The highest BCUT2D eigenvalue weighted by molar-refractivity contribution is 8.01. The van der Waals surface area contributed by atoms with E-state index >= 15 is 0 Å². The van der Waals surface area contributed by atoms with Crippen LogP contribution in [0.15, 0.2) is 26.3 Å². The number of hydrogen-bond acceptors (Lipinski definition) is 15. The number of nitrogens with one attached hydrogen (secondary N) is 1. The number of nitrogens with two attached hydrogens (primary N) is 1. The molecule has 2 aromatic rings. The highest BCUT2D eigenvalue weighted by Crippen LogP contribution is 2.41. The van der Waals surface area contributed by atoms with E-state index in [4.69, 9.17) is 10.6 Å². The number of anilines is 1. The molecule has 2 aliphatic heterocycles. The molecule has 2 aliphatic rings. The molecule has 19 heteroatoms. The van der Waals surface area contributed by atoms with E-state index in [1.807, 2.05) is 0 Å². The van der Waals surface area contributed by atoms with Crippen LogP contribution in [0.4, 0.5) is 5.13 Å². The summed E-state index contributed by atoms with van der Waals surface area (Å²) in [6.45, 7) is 1.56. The summed E-state index contributed by atoms with van der Waals surface area (Å²) < 4.78 is 4.58. The lowest BCUT2D eigenvalue weighted by Crippen LogP contribution is -2.71. The zero-order chi connectivity index (χ0) is 26.7. The first-order chi connectivity index (χ1) is 17.7. The maximum absolute atomic E-state index is 13.1. The van der Waals surface area contributed by atoms with Crippen LogP contribution in [0.5, 0.6) is 0 Å². The van der Waals surface area contributed by atoms with Crippen molar-refractivity contribution in [2.75, 3.05) is 17.2 Å². The number of thioether (sulfide) groups is 2. The Hall–Kier alpha value is -3.29. The van der Waals surface area contributed by atoms with Crippen molar-refractivity contribution in [3.8, 4) is 0 Å². The average Bonchev–Trinajstić information content (AvgIpc) is 3.54. The van der Waals surface area contributed by atoms with Crippen molar-refractivity contribution in [3.05, 3.63) is 22.6 Å². The summed E-state index contributed by atoms with van der Waals surface area (Å²) in [5, 5.41) is 32.2. The van der Waals surface area contributed by atoms with Crippen LogP contribution >= 0.6 is 46.4 Å². The summed E-state index contributed by atoms with van der Waals surface area (Å²) in [5.74, 6) is -3.65. The maximum Gasteiger partial charge on any atom is 0.352 e. The van der Waals surface area contributed by atoms with E-state index in [1.54, 1.807) is 12.4 Å². The number of amides is 2. The van der Waals surface area contributed by atoms with E-state index in [9.17, 15) is 29.4 Å². The Morgan fingerprint density at radius 1 is 1.41 bits per heavy atom. The monoisotopic (exact) mass is 586 g/mol. The van der Waals surface area contributed by atoms with Crippen molar-refractivity contribution >= 4 is 81.0 Å². The molecular formula is C18H18N8O7S4. The summed E-state index contributed by atoms with van der Waals surface area (Å²) >= 11 is 4.72. The summed E-state index contributed by atoms with van der Waals surface area (Å²) in [5.41, 5.74) is 7.11. The number of rotatable bonds is 11. The molecule has 4 rings (SSSR count). The average molecular weight is 587 g/mol. The first kappa shape index (κ1) is 26.8. The minimum absolute atomic E-state index is 0.0321. The van der Waals surface area contributed by atoms with Crippen molar-refractivity contribution in [1.82, 2.24) is 29.8 Å². The number of aromatic nitrogens is 4. The van der Waals surface area contributed by atoms with Gasteiger partial charge in [-0.25, -0.2) is 9.59 Å². The molecule has 0 bridgehead atoms. The molecule has 0 aliphatic carbocycles. The van der Waals surface area contributed by atoms with Gasteiger partial charge in [-0.1, -0.05) is 35.2 Å². The van der Waals surface area contributed by atoms with Crippen LogP contribution in [0.2, 0.25) is 0 Å². The molecule has 37 heavy (non-hydrogen) atoms. The second kappa shape index (κ2) is 11.4. The van der Waals surface area contributed by atoms with Gasteiger partial charge < -0.3 is 26.1 Å². The molecule has 0 saturated carbocycles. The molecule has 3 atom stereocenters. The highest BCUT2D eigenvalue weighted by atomic mass is 32.2. The van der Waals surface area contributed by atoms with Crippen LogP contribution in [-0.4, -0.2) is 93.2 Å². The standard InChI is InChI=1S/C18H18N8O7S4/c1-2-7(15(29)30)33-24-8(11-22-17(19)37-25-11)12(27)21-9-13(28)26-10(16(31)32)6(3-34-14(9)26)4-35-18-23-20-5-36-18/h5,7,9,14H,2-4H2,1H3,(H,21,27)(H,29,30)(H,31,32)(H2,19,22,25)/b24-8+. The van der Waals surface area contributed by atoms with Gasteiger partial charge in [0.25, 0.3) is 11.8 Å². The molecule has 0 aromatic carbocycles. The third kappa shape index (κ3) is 5.68. The Kier molecular flexibility index (Phi) is 8.25. The summed E-state index contributed by atoms with van der Waals surface area (Å²) in [6, 6.07) is -1.06. The summed E-state index contributed by atoms with van der Waals surface area (Å²) in [7, 11) is 0. The number of carbonyl (C=O) groups excluding carboxylic acids is 2. The molecule has 3 unspecified atom stereocenters. The molecule has 15 nitrogen and oxygen atoms in total. The number of nitrogen functional groups attached to an aromatic ring is 1. The Labute approximate surface area is 224 Å². The quantitative estimate of drug-likeness (QED) is 0.119. The molecule has 1 saturated heterocycles. The lowest BCUT2D eigenvalue weighted by Gasteiger charge is -2.49. The van der Waals surface area contributed by atoms with Gasteiger partial charge in [-0.15, -0.1) is 22.0 Å². The van der Waals surface area contributed by atoms with Gasteiger partial charge in [-0.2, -0.15) is 9.36 Å². The fraction of sp³-hybridized carbons (Fsp3) is 0.389. The van der Waals surface area contributed by atoms with E-state index < -0.39 is 47.0 Å². The lowest BCUT2D eigenvalue weighted by atomic mass is 10.0. The van der Waals surface area contributed by atoms with Gasteiger partial charge in [0.15, 0.2) is 9.47 Å². The lowest BCUT2D eigenvalue weighted by molar-refractivity contribution is -0.151. The molecule has 5 N–H and O–H groups in total. The summed E-state index contributed by atoms with van der Waals surface area (Å²) in [6.07, 6.45) is -1.26. The second-order valence-electron chi connectivity index (χ2n) is 7.35. The van der Waals surface area contributed by atoms with Crippen LogP contribution in [0.1, 0.15) is 19.2 Å². The topological polar surface area (TPSA) is 223 Å². The molecule has 1 fully saturated rings. The van der Waals surface area contributed by atoms with Crippen molar-refractivity contribution < 1.29 is 34.2 Å². The normalized spacial score (nSPS) is 20.2. The number of nitrogens with zero attached hydrogens (tertiary/aromatic N) is 6. The number of hydrogen-bond donors (Lipinski definition) is 4. The van der Waals surface area contributed by atoms with Crippen molar-refractivity contribution in [2.45, 2.75) is 35.2 Å². The summed E-state index contributed by atoms with van der Waals surface area (Å²) in [4.78, 5) is 59.3. The molecule has 2 aromatic heterocycles. The zero-order valence-corrected chi connectivity index (χ0v) is 22.0. The van der Waals surface area contributed by atoms with Crippen molar-refractivity contribution in [1.29, 1.82) is 0 Å². The van der Waals surface area contributed by atoms with E-state index in [0.29, 0.717) is 21.4 Å². The number of β-lactam (4-membered cyclic amide) rings is 1. The Balaban J connectivity index is 1.51. The first-order valence-corrected chi connectivity index (χ1v) is 14.1. The molecule has 0 spiro atoms. The highest BCUT2D eigenvalue weighted by Gasteiger charge is 2.54. The van der Waals surface area contributed by atoms with Crippen LogP contribution in [0.25, 0.3) is 0 Å². The van der Waals surface area contributed by atoms with Crippen LogP contribution in [0, 0.1) is 0 Å². The number of aliphatic carboxylic acids is 2. The van der Waals surface area contributed by atoms with E-state index in [1.165, 1.54) is 34.9 Å². The number of carboxylic acid groups (broad SMARTS) is 2. The number of oxime groups is 1. The van der Waals surface area contributed by atoms with Gasteiger partial charge in [0.1, 0.15) is 22.6 Å². The minimum atomic E-state index is -1.33. The zero-order valence-electron chi connectivity index (χ0n) is 18.8. The van der Waals surface area contributed by atoms with E-state index in [0.717, 1.165) is 16.4 Å². The second-order valence-corrected chi connectivity index (χ2v) is 11.3. The van der Waals surface area contributed by atoms with Crippen LogP contribution in [0.3, 0.4) is 0 Å². The largest absolute Gasteiger partial charge is 0.478 e. The van der Waals surface area contributed by atoms with Gasteiger partial charge in [0.2, 0.25) is 17.6 Å². The Morgan fingerprint density at radius 2 is 2.19 bits per heavy atom. The fourth-order valence-electron chi connectivity index (χ4n) is 3.30. The van der Waals surface area contributed by atoms with Crippen LogP contribution < -0.4 is 11.1 Å². The molecule has 196 valence electrons. The minimum Gasteiger partial charge on any atom is -0.478 e. The predicted molar refractivity (Wildman–Crippen MR) is 134 cm³/mol. The van der Waals surface area contributed by atoms with Gasteiger partial charge in [0, 0.05) is 23.0 Å². The van der Waals surface area contributed by atoms with E-state index in [-0.39, 0.29) is 23.1 Å². The number of carboxylic acids is 2. The Bertz CT molecular complexity index is 1280. The first-order valence-electron chi connectivity index (χ1n) is 10.4. The Morgan fingerprint density at radius 3 is 2.78 bits per heavy atom. The van der Waals surface area contributed by atoms with Gasteiger partial charge in [-0.3, -0.25) is 14.5 Å². The third-order valence-corrected chi connectivity index (χ3v) is 8.86. The molecule has 2 amide bonds. The fourth-order valence-corrected chi connectivity index (χ4v) is 6.71. The van der Waals surface area contributed by atoms with Crippen molar-refractivity contribution in [3.63, 3.8) is 0 Å². The SMILES string of the molecule is CCC(O/N=C(/C(=O)NC1C(=O)N2C(C(=O)O)=C(CSc3nncs3)CSC12)c1nsc(N)n1)C(=O)O. The number of carbonyl (C=O) groups is 4. The van der Waals surface area contributed by atoms with E-state index in [2.05, 4.69) is 30.0 Å². The number of fused-ring (bicyclic) bond motifs is 1. The maximum atomic E-state index is 13.1. The third-order valence-electron chi connectivity index (χ3n) is 5.03.